The number of unbranched alkanes of at least 4 members (excludes halogenated alkanes) is 1. The zero-order valence-corrected chi connectivity index (χ0v) is 37.4. The first-order chi connectivity index (χ1) is 30.8. The van der Waals surface area contributed by atoms with Crippen LogP contribution in [0.1, 0.15) is 98.7 Å². The summed E-state index contributed by atoms with van der Waals surface area (Å²) in [5.41, 5.74) is 14.9. The van der Waals surface area contributed by atoms with Crippen LogP contribution < -0.4 is 42.9 Å². The fourth-order valence-electron chi connectivity index (χ4n) is 7.45. The molecule has 0 unspecified atom stereocenters. The number of phenols is 1. The minimum atomic E-state index is -1.49. The summed E-state index contributed by atoms with van der Waals surface area (Å²) in [6, 6.07) is -4.94. The summed E-state index contributed by atoms with van der Waals surface area (Å²) in [6.45, 7) is 4.97. The summed E-state index contributed by atoms with van der Waals surface area (Å²) in [5.74, 6) is -4.82. The number of ether oxygens (including phenoxy) is 3. The van der Waals surface area contributed by atoms with Crippen molar-refractivity contribution in [3.63, 3.8) is 0 Å². The molecule has 24 heteroatoms. The van der Waals surface area contributed by atoms with E-state index in [9.17, 15) is 53.9 Å². The number of cyclic esters (lactones) is 1. The van der Waals surface area contributed by atoms with E-state index in [2.05, 4.69) is 26.3 Å². The lowest BCUT2D eigenvalue weighted by molar-refractivity contribution is -0.525. The predicted molar refractivity (Wildman–Crippen MR) is 231 cm³/mol. The smallest absolute Gasteiger partial charge is 0.342 e. The van der Waals surface area contributed by atoms with E-state index < -0.39 is 76.8 Å². The Morgan fingerprint density at radius 1 is 1.06 bits per heavy atom. The van der Waals surface area contributed by atoms with E-state index in [4.69, 9.17) is 25.7 Å². The molecule has 2 aliphatic rings. The number of fused-ring (bicyclic) bond motifs is 1. The van der Waals surface area contributed by atoms with Crippen LogP contribution >= 0.6 is 0 Å². The minimum absolute atomic E-state index is 0.0179. The van der Waals surface area contributed by atoms with Crippen LogP contribution in [0.25, 0.3) is 0 Å². The number of esters is 2. The van der Waals surface area contributed by atoms with Gasteiger partial charge in [-0.2, -0.15) is 0 Å². The van der Waals surface area contributed by atoms with Gasteiger partial charge >= 0.3 is 11.9 Å². The number of carbonyl (C=O) groups excluding carboxylic acids is 7. The number of benzene rings is 1. The van der Waals surface area contributed by atoms with Crippen LogP contribution in [0.4, 0.5) is 0 Å². The molecule has 360 valence electrons. The molecule has 5 amide bonds. The van der Waals surface area contributed by atoms with E-state index in [1.165, 1.54) is 18.9 Å². The zero-order chi connectivity index (χ0) is 48.4. The molecule has 3 rings (SSSR count). The van der Waals surface area contributed by atoms with Crippen LogP contribution in [0, 0.1) is 17.0 Å². The monoisotopic (exact) mass is 918 g/mol. The Labute approximate surface area is 375 Å². The van der Waals surface area contributed by atoms with Crippen molar-refractivity contribution in [2.24, 2.45) is 16.5 Å². The Hall–Kier alpha value is -6.56. The van der Waals surface area contributed by atoms with Crippen molar-refractivity contribution in [3.8, 4) is 11.5 Å². The molecule has 2 aliphatic heterocycles. The number of guanidine groups is 1. The van der Waals surface area contributed by atoms with Gasteiger partial charge < -0.3 is 62.1 Å². The molecule has 1 saturated heterocycles. The van der Waals surface area contributed by atoms with E-state index in [1.54, 1.807) is 25.3 Å². The SMILES string of the molecule is COC(=O)[C@H](CCCN=C(N)N[N+](=O)[O-])NC(=O)[C@@H]1CCCN1C(=O)[C@H](CCCCNC(=O)CN)NC(=O)[C@@H](NC(=O)CC/C(C)=C/Cc1c(O)c2c(c(C)c1OC)COC2=O)[C@@H](C)O. The first-order valence-corrected chi connectivity index (χ1v) is 21.2. The summed E-state index contributed by atoms with van der Waals surface area (Å²) in [5, 5.41) is 41.7. The molecular formula is C41H62N10O14. The maximum atomic E-state index is 14.2. The summed E-state index contributed by atoms with van der Waals surface area (Å²) >= 11 is 0. The Morgan fingerprint density at radius 3 is 2.42 bits per heavy atom. The first-order valence-electron chi connectivity index (χ1n) is 21.2. The van der Waals surface area contributed by atoms with E-state index in [-0.39, 0.29) is 95.0 Å². The number of hydrogen-bond donors (Lipinski definition) is 9. The molecule has 5 atom stereocenters. The molecule has 0 aliphatic carbocycles. The molecular weight excluding hydrogens is 857 g/mol. The molecule has 1 aromatic carbocycles. The van der Waals surface area contributed by atoms with Crippen molar-refractivity contribution in [1.29, 1.82) is 0 Å². The van der Waals surface area contributed by atoms with Gasteiger partial charge in [0.05, 0.1) is 26.9 Å². The zero-order valence-electron chi connectivity index (χ0n) is 37.4. The highest BCUT2D eigenvalue weighted by Crippen LogP contribution is 2.42. The number of amides is 5. The van der Waals surface area contributed by atoms with Gasteiger partial charge in [0.1, 0.15) is 47.8 Å². The largest absolute Gasteiger partial charge is 0.507 e. The number of aliphatic hydroxyl groups excluding tert-OH is 1. The third-order valence-electron chi connectivity index (χ3n) is 11.0. The number of nitrogens with two attached hydrogens (primary N) is 2. The summed E-state index contributed by atoms with van der Waals surface area (Å²) in [4.78, 5) is 107. The third-order valence-corrected chi connectivity index (χ3v) is 11.0. The number of aliphatic imine (C=N–C) groups is 1. The Kier molecular flexibility index (Phi) is 20.8. The van der Waals surface area contributed by atoms with Gasteiger partial charge in [-0.25, -0.2) is 24.7 Å². The van der Waals surface area contributed by atoms with Crippen molar-refractivity contribution in [3.05, 3.63) is 44.0 Å². The Balaban J connectivity index is 1.71. The van der Waals surface area contributed by atoms with Gasteiger partial charge in [-0.05, 0) is 84.1 Å². The molecule has 24 nitrogen and oxygen atoms in total. The van der Waals surface area contributed by atoms with Crippen LogP contribution in [0.15, 0.2) is 16.6 Å². The number of carbonyl (C=O) groups is 7. The van der Waals surface area contributed by atoms with Crippen LogP contribution in [-0.4, -0.2) is 138 Å². The lowest BCUT2D eigenvalue weighted by Gasteiger charge is -2.31. The number of phenolic OH excluding ortho intramolecular Hbond substituents is 1. The summed E-state index contributed by atoms with van der Waals surface area (Å²) in [7, 11) is 2.58. The normalized spacial score (nSPS) is 16.6. The number of methoxy groups -OCH3 is 2. The van der Waals surface area contributed by atoms with Crippen molar-refractivity contribution in [2.75, 3.05) is 40.4 Å². The molecule has 2 heterocycles. The van der Waals surface area contributed by atoms with Gasteiger partial charge in [-0.1, -0.05) is 17.1 Å². The number of hydrazine groups is 1. The fourth-order valence-corrected chi connectivity index (χ4v) is 7.45. The van der Waals surface area contributed by atoms with Crippen LogP contribution in [0.5, 0.6) is 11.5 Å². The Bertz CT molecular complexity index is 1990. The number of rotatable bonds is 25. The topological polar surface area (TPSA) is 359 Å². The number of nitrogens with one attached hydrogen (secondary N) is 5. The number of aromatic hydroxyl groups is 1. The molecule has 0 aromatic heterocycles. The second kappa shape index (κ2) is 25.7. The summed E-state index contributed by atoms with van der Waals surface area (Å²) in [6.07, 6.45) is 2.21. The van der Waals surface area contributed by atoms with Crippen LogP contribution in [-0.2, 0) is 51.3 Å². The number of nitro groups is 1. The second-order valence-electron chi connectivity index (χ2n) is 15.6. The minimum Gasteiger partial charge on any atom is -0.507 e. The molecule has 0 bridgehead atoms. The predicted octanol–water partition coefficient (Wildman–Crippen LogP) is -1.23. The fraction of sp³-hybridized carbons (Fsp3) is 0.610. The number of allylic oxidation sites excluding steroid dienone is 2. The average Bonchev–Trinajstić information content (AvgIpc) is 3.92. The van der Waals surface area contributed by atoms with E-state index in [1.807, 2.05) is 0 Å². The van der Waals surface area contributed by atoms with Gasteiger partial charge in [0, 0.05) is 37.2 Å². The highest BCUT2D eigenvalue weighted by molar-refractivity contribution is 5.98. The summed E-state index contributed by atoms with van der Waals surface area (Å²) < 4.78 is 15.5. The molecule has 0 saturated carbocycles. The second-order valence-corrected chi connectivity index (χ2v) is 15.6. The molecule has 0 radical (unpaired) electrons. The highest BCUT2D eigenvalue weighted by Gasteiger charge is 2.40. The molecule has 65 heavy (non-hydrogen) atoms. The lowest BCUT2D eigenvalue weighted by atomic mass is 9.94. The molecule has 1 aromatic rings. The van der Waals surface area contributed by atoms with E-state index in [0.717, 1.165) is 12.7 Å². The van der Waals surface area contributed by atoms with Gasteiger partial charge in [-0.15, -0.1) is 0 Å². The van der Waals surface area contributed by atoms with Gasteiger partial charge in [0.25, 0.3) is 5.96 Å². The van der Waals surface area contributed by atoms with Crippen molar-refractivity contribution < 1.29 is 63.0 Å². The maximum Gasteiger partial charge on any atom is 0.342 e. The van der Waals surface area contributed by atoms with Crippen molar-refractivity contribution >= 4 is 47.4 Å². The quantitative estimate of drug-likeness (QED) is 0.0105. The molecule has 11 N–H and O–H groups in total. The van der Waals surface area contributed by atoms with Crippen molar-refractivity contribution in [1.82, 2.24) is 31.6 Å². The van der Waals surface area contributed by atoms with Gasteiger partial charge in [-0.3, -0.25) is 24.0 Å². The molecule has 0 spiro atoms. The Morgan fingerprint density at radius 2 is 1.77 bits per heavy atom. The first kappa shape index (κ1) is 52.8. The van der Waals surface area contributed by atoms with Gasteiger partial charge in [0.15, 0.2) is 5.03 Å². The average molecular weight is 919 g/mol. The lowest BCUT2D eigenvalue weighted by Crippen LogP contribution is -2.59. The molecule has 1 fully saturated rings. The number of aliphatic hydroxyl groups is 1. The van der Waals surface area contributed by atoms with Crippen LogP contribution in [0.3, 0.4) is 0 Å². The van der Waals surface area contributed by atoms with E-state index in [0.29, 0.717) is 41.7 Å². The van der Waals surface area contributed by atoms with Crippen molar-refractivity contribution in [2.45, 2.75) is 122 Å². The maximum absolute atomic E-state index is 14.2. The third kappa shape index (κ3) is 15.3. The number of nitrogens with zero attached hydrogens (tertiary/aromatic N) is 3. The number of hydrogen-bond acceptors (Lipinski definition) is 16. The standard InChI is InChI=1S/C41H62N10O14/c1-22(13-15-25-34(55)32-26(21-65-40(32)60)23(2)35(25)63-4)14-16-30(53)48-33(24(3)52)37(57)46-27(10-6-7-17-44-31(54)20-42)38(58)50-19-9-12-29(50)36(56)47-28(39(59)64-5)11-8-18-45-41(43)49-51(61)62/h13,24,27-29,33,52,55H,6-12,14-21,42H2,1-5H3,(H,44,54)(H,46,57)(H,47,56)(H,48,53)(H3,43,45,49)/b22-13+/t24-,27+,28+,29+,33+/m1/s1. The number of likely N-dealkylation sites (tertiary alicyclic amines) is 1. The van der Waals surface area contributed by atoms with Crippen LogP contribution in [0.2, 0.25) is 0 Å². The highest BCUT2D eigenvalue weighted by atomic mass is 16.7. The van der Waals surface area contributed by atoms with E-state index >= 15 is 0 Å². The van der Waals surface area contributed by atoms with Gasteiger partial charge in [0.2, 0.25) is 29.5 Å².